The molecular formula is C21H17F3N2S. The number of hydrogen-bond acceptors (Lipinski definition) is 3. The molecule has 3 rings (SSSR count). The molecule has 0 aliphatic carbocycles. The van der Waals surface area contributed by atoms with Gasteiger partial charge in [-0.3, -0.25) is 4.99 Å². The van der Waals surface area contributed by atoms with Crippen LogP contribution < -0.4 is 5.32 Å². The first-order valence-corrected chi connectivity index (χ1v) is 9.18. The van der Waals surface area contributed by atoms with Crippen LogP contribution in [0.15, 0.2) is 59.7 Å². The maximum atomic E-state index is 13.2. The van der Waals surface area contributed by atoms with Gasteiger partial charge in [-0.05, 0) is 25.1 Å². The number of alkyl halides is 3. The van der Waals surface area contributed by atoms with Crippen LogP contribution in [0.1, 0.15) is 22.3 Å². The summed E-state index contributed by atoms with van der Waals surface area (Å²) in [6.07, 6.45) is 0.656. The molecule has 27 heavy (non-hydrogen) atoms. The Balaban J connectivity index is 1.76. The Kier molecular flexibility index (Phi) is 5.33. The van der Waals surface area contributed by atoms with Gasteiger partial charge in [-0.1, -0.05) is 42.3 Å². The fourth-order valence-corrected chi connectivity index (χ4v) is 3.75. The van der Waals surface area contributed by atoms with Gasteiger partial charge in [-0.2, -0.15) is 13.2 Å². The average molecular weight is 386 g/mol. The average Bonchev–Trinajstić information content (AvgIpc) is 3.12. The molecule has 0 aromatic heterocycles. The van der Waals surface area contributed by atoms with Crippen molar-refractivity contribution in [2.75, 3.05) is 11.1 Å². The predicted octanol–water partition coefficient (Wildman–Crippen LogP) is 5.48. The van der Waals surface area contributed by atoms with E-state index in [1.165, 1.54) is 17.7 Å². The topological polar surface area (TPSA) is 24.4 Å². The zero-order chi connectivity index (χ0) is 19.6. The predicted molar refractivity (Wildman–Crippen MR) is 106 cm³/mol. The van der Waals surface area contributed by atoms with Crippen molar-refractivity contribution in [3.05, 3.63) is 77.0 Å². The van der Waals surface area contributed by atoms with Crippen molar-refractivity contribution in [3.8, 4) is 12.3 Å². The first-order valence-electron chi connectivity index (χ1n) is 8.19. The van der Waals surface area contributed by atoms with Crippen LogP contribution in [-0.2, 0) is 6.18 Å². The molecule has 1 heterocycles. The van der Waals surface area contributed by atoms with Crippen molar-refractivity contribution in [2.45, 2.75) is 19.1 Å². The quantitative estimate of drug-likeness (QED) is 0.704. The molecule has 0 saturated heterocycles. The van der Waals surface area contributed by atoms with Gasteiger partial charge < -0.3 is 5.32 Å². The Labute approximate surface area is 160 Å². The number of terminal acetylenes is 1. The molecule has 2 nitrogen and oxygen atoms in total. The van der Waals surface area contributed by atoms with Gasteiger partial charge in [0.25, 0.3) is 0 Å². The molecule has 2 aromatic rings. The molecule has 0 saturated carbocycles. The number of benzene rings is 2. The van der Waals surface area contributed by atoms with E-state index in [-0.39, 0.29) is 17.3 Å². The van der Waals surface area contributed by atoms with Crippen LogP contribution in [0.25, 0.3) is 0 Å². The lowest BCUT2D eigenvalue weighted by atomic mass is 10.1. The standard InChI is InChI=1S/C21H17F3N2S/c1-4-15-9-10-17(11-18(15)21(22,23)24)25-14(3)19-12-27-20(26-19)16-7-5-13(2)6-8-16/h1,5-11,19,25H,3,12H2,2H3. The number of halogens is 3. The molecule has 1 aliphatic heterocycles. The van der Waals surface area contributed by atoms with E-state index < -0.39 is 11.7 Å². The zero-order valence-electron chi connectivity index (χ0n) is 14.6. The third kappa shape index (κ3) is 4.37. The van der Waals surface area contributed by atoms with Crippen LogP contribution in [0.4, 0.5) is 18.9 Å². The molecule has 2 aromatic carbocycles. The summed E-state index contributed by atoms with van der Waals surface area (Å²) in [5.74, 6) is 2.75. The Hall–Kier alpha value is -2.65. The highest BCUT2D eigenvalue weighted by Crippen LogP contribution is 2.34. The van der Waals surface area contributed by atoms with Crippen LogP contribution in [-0.4, -0.2) is 16.8 Å². The van der Waals surface area contributed by atoms with Gasteiger partial charge in [-0.25, -0.2) is 0 Å². The largest absolute Gasteiger partial charge is 0.417 e. The van der Waals surface area contributed by atoms with Crippen LogP contribution in [0.5, 0.6) is 0 Å². The number of nitrogens with zero attached hydrogens (tertiary/aromatic N) is 1. The summed E-state index contributed by atoms with van der Waals surface area (Å²) in [4.78, 5) is 4.65. The summed E-state index contributed by atoms with van der Waals surface area (Å²) < 4.78 is 39.5. The molecule has 0 amide bonds. The number of hydrogen-bond donors (Lipinski definition) is 1. The summed E-state index contributed by atoms with van der Waals surface area (Å²) in [5, 5.41) is 3.85. The SMILES string of the molecule is C#Cc1ccc(NC(=C)C2CSC(c3ccc(C)cc3)=N2)cc1C(F)(F)F. The Morgan fingerprint density at radius 3 is 2.59 bits per heavy atom. The third-order valence-electron chi connectivity index (χ3n) is 4.14. The van der Waals surface area contributed by atoms with E-state index in [2.05, 4.69) is 22.8 Å². The normalized spacial score (nSPS) is 16.6. The van der Waals surface area contributed by atoms with Crippen LogP contribution in [0.3, 0.4) is 0 Å². The minimum atomic E-state index is -4.51. The lowest BCUT2D eigenvalue weighted by Gasteiger charge is -2.16. The van der Waals surface area contributed by atoms with Gasteiger partial charge >= 0.3 is 6.18 Å². The maximum absolute atomic E-state index is 13.2. The van der Waals surface area contributed by atoms with Gasteiger partial charge in [0.15, 0.2) is 0 Å². The zero-order valence-corrected chi connectivity index (χ0v) is 15.4. The van der Waals surface area contributed by atoms with Crippen LogP contribution in [0.2, 0.25) is 0 Å². The lowest BCUT2D eigenvalue weighted by molar-refractivity contribution is -0.137. The Morgan fingerprint density at radius 2 is 1.96 bits per heavy atom. The number of aryl methyl sites for hydroxylation is 1. The molecule has 0 fully saturated rings. The summed E-state index contributed by atoms with van der Waals surface area (Å²) in [5.41, 5.74) is 2.00. The molecule has 1 unspecified atom stereocenters. The molecule has 1 N–H and O–H groups in total. The first kappa shape index (κ1) is 19.1. The van der Waals surface area contributed by atoms with Gasteiger partial charge in [0.2, 0.25) is 0 Å². The second-order valence-electron chi connectivity index (χ2n) is 6.18. The molecule has 138 valence electrons. The number of rotatable bonds is 4. The van der Waals surface area contributed by atoms with Gasteiger partial charge in [0.1, 0.15) is 0 Å². The summed E-state index contributed by atoms with van der Waals surface area (Å²) in [6, 6.07) is 11.6. The highest BCUT2D eigenvalue weighted by Gasteiger charge is 2.33. The Bertz CT molecular complexity index is 937. The summed E-state index contributed by atoms with van der Waals surface area (Å²) >= 11 is 1.60. The fourth-order valence-electron chi connectivity index (χ4n) is 2.66. The fraction of sp³-hybridized carbons (Fsp3) is 0.190. The van der Waals surface area contributed by atoms with Gasteiger partial charge in [0, 0.05) is 28.3 Å². The highest BCUT2D eigenvalue weighted by molar-refractivity contribution is 8.14. The number of anilines is 1. The van der Waals surface area contributed by atoms with E-state index in [1.54, 1.807) is 11.8 Å². The minimum absolute atomic E-state index is 0.185. The minimum Gasteiger partial charge on any atom is -0.358 e. The molecule has 1 aliphatic rings. The second kappa shape index (κ2) is 7.53. The lowest BCUT2D eigenvalue weighted by Crippen LogP contribution is -2.15. The summed E-state index contributed by atoms with van der Waals surface area (Å²) in [7, 11) is 0. The van der Waals surface area contributed by atoms with Crippen molar-refractivity contribution < 1.29 is 13.2 Å². The molecule has 0 radical (unpaired) electrons. The van der Waals surface area contributed by atoms with Crippen molar-refractivity contribution >= 4 is 22.5 Å². The van der Waals surface area contributed by atoms with E-state index in [0.717, 1.165) is 16.7 Å². The van der Waals surface area contributed by atoms with Crippen LogP contribution in [0, 0.1) is 19.3 Å². The summed E-state index contributed by atoms with van der Waals surface area (Å²) in [6.45, 7) is 5.97. The van der Waals surface area contributed by atoms with E-state index in [9.17, 15) is 13.2 Å². The number of nitrogens with one attached hydrogen (secondary N) is 1. The van der Waals surface area contributed by atoms with E-state index in [4.69, 9.17) is 6.42 Å². The second-order valence-corrected chi connectivity index (χ2v) is 7.19. The monoisotopic (exact) mass is 386 g/mol. The first-order chi connectivity index (χ1) is 12.8. The van der Waals surface area contributed by atoms with Crippen molar-refractivity contribution in [1.29, 1.82) is 0 Å². The van der Waals surface area contributed by atoms with Gasteiger partial charge in [-0.15, -0.1) is 18.2 Å². The van der Waals surface area contributed by atoms with E-state index in [1.807, 2.05) is 31.2 Å². The smallest absolute Gasteiger partial charge is 0.358 e. The van der Waals surface area contributed by atoms with E-state index in [0.29, 0.717) is 11.4 Å². The third-order valence-corrected chi connectivity index (χ3v) is 5.23. The molecule has 0 bridgehead atoms. The number of thioether (sulfide) groups is 1. The number of aliphatic imine (C=N–C) groups is 1. The van der Waals surface area contributed by atoms with Crippen LogP contribution >= 0.6 is 11.8 Å². The van der Waals surface area contributed by atoms with Crippen molar-refractivity contribution in [1.82, 2.24) is 0 Å². The van der Waals surface area contributed by atoms with Crippen molar-refractivity contribution in [3.63, 3.8) is 0 Å². The van der Waals surface area contributed by atoms with Crippen molar-refractivity contribution in [2.24, 2.45) is 4.99 Å². The molecule has 1 atom stereocenters. The molecule has 0 spiro atoms. The van der Waals surface area contributed by atoms with E-state index >= 15 is 0 Å². The highest BCUT2D eigenvalue weighted by atomic mass is 32.2. The van der Waals surface area contributed by atoms with Gasteiger partial charge in [0.05, 0.1) is 16.6 Å². The maximum Gasteiger partial charge on any atom is 0.417 e. The molecule has 6 heteroatoms. The Morgan fingerprint density at radius 1 is 1.26 bits per heavy atom. The molecular weight excluding hydrogens is 369 g/mol.